The highest BCUT2D eigenvalue weighted by Crippen LogP contribution is 2.24. The van der Waals surface area contributed by atoms with Gasteiger partial charge in [-0.1, -0.05) is 12.1 Å². The quantitative estimate of drug-likeness (QED) is 0.641. The smallest absolute Gasteiger partial charge is 0.257 e. The molecule has 1 aliphatic heterocycles. The number of amides is 1. The van der Waals surface area contributed by atoms with E-state index in [2.05, 4.69) is 20.8 Å². The minimum absolute atomic E-state index is 0.137. The van der Waals surface area contributed by atoms with Gasteiger partial charge < -0.3 is 10.1 Å². The van der Waals surface area contributed by atoms with Crippen LogP contribution in [0.1, 0.15) is 10.4 Å². The molecule has 3 aromatic rings. The Morgan fingerprint density at radius 3 is 2.63 bits per heavy atom. The number of rotatable bonds is 5. The molecule has 1 saturated heterocycles. The molecule has 1 aromatic heterocycles. The van der Waals surface area contributed by atoms with Gasteiger partial charge in [0.2, 0.25) is 10.0 Å². The summed E-state index contributed by atoms with van der Waals surface area (Å²) in [6.45, 7) is 0.756. The number of para-hydroxylation sites is 1. The molecule has 0 atom stereocenters. The van der Waals surface area contributed by atoms with Crippen molar-refractivity contribution in [1.29, 1.82) is 0 Å². The zero-order valence-electron chi connectivity index (χ0n) is 15.6. The fraction of sp³-hybridized carbons (Fsp3) is 0.222. The SMILES string of the molecule is O=C(Nc1ccc(F)c(S(=O)(=O)N2CCOCC2)c1)c1ccccc1-n1cnnn1. The van der Waals surface area contributed by atoms with Gasteiger partial charge in [0.25, 0.3) is 5.91 Å². The van der Waals surface area contributed by atoms with E-state index >= 15 is 0 Å². The maximum Gasteiger partial charge on any atom is 0.257 e. The number of sulfonamides is 1. The van der Waals surface area contributed by atoms with Crippen LogP contribution in [0.15, 0.2) is 53.7 Å². The number of halogens is 1. The van der Waals surface area contributed by atoms with Gasteiger partial charge in [0.15, 0.2) is 0 Å². The Morgan fingerprint density at radius 2 is 1.90 bits per heavy atom. The lowest BCUT2D eigenvalue weighted by molar-refractivity contribution is 0.0729. The van der Waals surface area contributed by atoms with Gasteiger partial charge in [-0.2, -0.15) is 8.99 Å². The molecule has 0 bridgehead atoms. The molecule has 0 unspecified atom stereocenters. The number of anilines is 1. The summed E-state index contributed by atoms with van der Waals surface area (Å²) in [5.41, 5.74) is 0.828. The first-order chi connectivity index (χ1) is 14.5. The molecule has 1 aliphatic rings. The molecule has 0 radical (unpaired) electrons. The molecule has 10 nitrogen and oxygen atoms in total. The lowest BCUT2D eigenvalue weighted by Crippen LogP contribution is -2.40. The van der Waals surface area contributed by atoms with Crippen LogP contribution in [0.25, 0.3) is 5.69 Å². The minimum atomic E-state index is -4.06. The second-order valence-corrected chi connectivity index (χ2v) is 8.29. The van der Waals surface area contributed by atoms with Crippen LogP contribution in [-0.4, -0.2) is 65.1 Å². The van der Waals surface area contributed by atoms with E-state index in [1.54, 1.807) is 24.3 Å². The first-order valence-corrected chi connectivity index (χ1v) is 10.4. The second kappa shape index (κ2) is 8.26. The van der Waals surface area contributed by atoms with Crippen molar-refractivity contribution in [1.82, 2.24) is 24.5 Å². The Hall–Kier alpha value is -3.22. The summed E-state index contributed by atoms with van der Waals surface area (Å²) in [6, 6.07) is 10.0. The number of nitrogens with zero attached hydrogens (tertiary/aromatic N) is 5. The van der Waals surface area contributed by atoms with Crippen LogP contribution < -0.4 is 5.32 Å². The predicted molar refractivity (Wildman–Crippen MR) is 103 cm³/mol. The Morgan fingerprint density at radius 1 is 1.13 bits per heavy atom. The number of ether oxygens (including phenoxy) is 1. The summed E-state index contributed by atoms with van der Waals surface area (Å²) in [4.78, 5) is 12.3. The molecule has 4 rings (SSSR count). The number of hydrogen-bond acceptors (Lipinski definition) is 7. The van der Waals surface area contributed by atoms with E-state index in [0.29, 0.717) is 5.69 Å². The molecular weight excluding hydrogens is 415 g/mol. The van der Waals surface area contributed by atoms with Gasteiger partial charge in [0.05, 0.1) is 24.5 Å². The molecule has 2 heterocycles. The summed E-state index contributed by atoms with van der Waals surface area (Å²) in [5, 5.41) is 13.5. The van der Waals surface area contributed by atoms with Crippen LogP contribution in [0.5, 0.6) is 0 Å². The summed E-state index contributed by atoms with van der Waals surface area (Å²) in [5.74, 6) is -1.42. The van der Waals surface area contributed by atoms with E-state index in [1.807, 2.05) is 0 Å². The number of morpholine rings is 1. The van der Waals surface area contributed by atoms with Crippen molar-refractivity contribution in [3.63, 3.8) is 0 Å². The molecule has 1 amide bonds. The summed E-state index contributed by atoms with van der Waals surface area (Å²) < 4.78 is 47.6. The molecule has 2 aromatic carbocycles. The molecule has 30 heavy (non-hydrogen) atoms. The molecule has 12 heteroatoms. The third kappa shape index (κ3) is 3.92. The lowest BCUT2D eigenvalue weighted by atomic mass is 10.1. The molecule has 0 aliphatic carbocycles. The highest BCUT2D eigenvalue weighted by molar-refractivity contribution is 7.89. The molecule has 0 saturated carbocycles. The Kier molecular flexibility index (Phi) is 5.53. The molecule has 156 valence electrons. The average molecular weight is 432 g/mol. The van der Waals surface area contributed by atoms with Crippen LogP contribution in [0.2, 0.25) is 0 Å². The Balaban J connectivity index is 1.62. The molecule has 0 spiro atoms. The standard InChI is InChI=1S/C18H17FN6O4S/c19-15-6-5-13(11-17(15)30(27,28)24-7-9-29-10-8-24)21-18(26)14-3-1-2-4-16(14)25-12-20-22-23-25/h1-6,11-12H,7-10H2,(H,21,26). The van der Waals surface area contributed by atoms with Crippen LogP contribution >= 0.6 is 0 Å². The highest BCUT2D eigenvalue weighted by Gasteiger charge is 2.29. The van der Waals surface area contributed by atoms with Crippen LogP contribution in [0.4, 0.5) is 10.1 Å². The minimum Gasteiger partial charge on any atom is -0.379 e. The van der Waals surface area contributed by atoms with Crippen molar-refractivity contribution < 1.29 is 22.3 Å². The number of nitrogens with one attached hydrogen (secondary N) is 1. The third-order valence-corrected chi connectivity index (χ3v) is 6.44. The third-order valence-electron chi connectivity index (χ3n) is 4.52. The van der Waals surface area contributed by atoms with Crippen LogP contribution in [-0.2, 0) is 14.8 Å². The van der Waals surface area contributed by atoms with Crippen molar-refractivity contribution >= 4 is 21.6 Å². The number of carbonyl (C=O) groups excluding carboxylic acids is 1. The van der Waals surface area contributed by atoms with Crippen LogP contribution in [0, 0.1) is 5.82 Å². The second-order valence-electron chi connectivity index (χ2n) is 6.39. The maximum atomic E-state index is 14.4. The van der Waals surface area contributed by atoms with Crippen molar-refractivity contribution in [2.24, 2.45) is 0 Å². The number of carbonyl (C=O) groups is 1. The first kappa shape index (κ1) is 20.1. The molecule has 1 N–H and O–H groups in total. The van der Waals surface area contributed by atoms with E-state index in [9.17, 15) is 17.6 Å². The van der Waals surface area contributed by atoms with Gasteiger partial charge in [-0.05, 0) is 40.8 Å². The zero-order chi connectivity index (χ0) is 21.1. The van der Waals surface area contributed by atoms with E-state index in [4.69, 9.17) is 4.74 Å². The van der Waals surface area contributed by atoms with Gasteiger partial charge in [-0.25, -0.2) is 12.8 Å². The molecular formula is C18H17FN6O4S. The first-order valence-electron chi connectivity index (χ1n) is 8.98. The van der Waals surface area contributed by atoms with Gasteiger partial charge in [-0.3, -0.25) is 4.79 Å². The van der Waals surface area contributed by atoms with Crippen molar-refractivity contribution in [3.8, 4) is 5.69 Å². The normalized spacial score (nSPS) is 15.1. The van der Waals surface area contributed by atoms with Crippen LogP contribution in [0.3, 0.4) is 0 Å². The average Bonchev–Trinajstić information content (AvgIpc) is 3.30. The highest BCUT2D eigenvalue weighted by atomic mass is 32.2. The predicted octanol–water partition coefficient (Wildman–Crippen LogP) is 1.07. The monoisotopic (exact) mass is 432 g/mol. The largest absolute Gasteiger partial charge is 0.379 e. The van der Waals surface area contributed by atoms with Gasteiger partial charge in [0, 0.05) is 18.8 Å². The number of aromatic nitrogens is 4. The Bertz CT molecular complexity index is 1160. The van der Waals surface area contributed by atoms with Crippen molar-refractivity contribution in [2.45, 2.75) is 4.90 Å². The van der Waals surface area contributed by atoms with Gasteiger partial charge in [0.1, 0.15) is 17.0 Å². The van der Waals surface area contributed by atoms with Gasteiger partial charge in [-0.15, -0.1) is 5.10 Å². The van der Waals surface area contributed by atoms with E-state index in [0.717, 1.165) is 16.4 Å². The summed E-state index contributed by atoms with van der Waals surface area (Å²) in [6.07, 6.45) is 1.34. The van der Waals surface area contributed by atoms with E-state index in [1.165, 1.54) is 17.1 Å². The number of benzene rings is 2. The fourth-order valence-electron chi connectivity index (χ4n) is 3.04. The molecule has 1 fully saturated rings. The lowest BCUT2D eigenvalue weighted by Gasteiger charge is -2.26. The summed E-state index contributed by atoms with van der Waals surface area (Å²) >= 11 is 0. The number of tetrazole rings is 1. The van der Waals surface area contributed by atoms with E-state index in [-0.39, 0.29) is 37.6 Å². The Labute approximate surface area is 171 Å². The summed E-state index contributed by atoms with van der Waals surface area (Å²) in [7, 11) is -4.06. The topological polar surface area (TPSA) is 119 Å². The van der Waals surface area contributed by atoms with E-state index < -0.39 is 26.6 Å². The van der Waals surface area contributed by atoms with Gasteiger partial charge >= 0.3 is 0 Å². The fourth-order valence-corrected chi connectivity index (χ4v) is 4.54. The maximum absolute atomic E-state index is 14.4. The van der Waals surface area contributed by atoms with Crippen molar-refractivity contribution in [3.05, 3.63) is 60.2 Å². The zero-order valence-corrected chi connectivity index (χ0v) is 16.4. The van der Waals surface area contributed by atoms with Crippen molar-refractivity contribution in [2.75, 3.05) is 31.6 Å². The number of hydrogen-bond donors (Lipinski definition) is 1.